The van der Waals surface area contributed by atoms with E-state index in [1.165, 1.54) is 13.2 Å². The van der Waals surface area contributed by atoms with Crippen LogP contribution in [-0.2, 0) is 6.54 Å². The molecule has 0 aliphatic rings. The summed E-state index contributed by atoms with van der Waals surface area (Å²) in [5.74, 6) is 0.154. The van der Waals surface area contributed by atoms with Gasteiger partial charge in [0.05, 0.1) is 7.11 Å². The number of rotatable bonds is 6. The van der Waals surface area contributed by atoms with Gasteiger partial charge in [0.2, 0.25) is 0 Å². The maximum absolute atomic E-state index is 14.1. The number of halogens is 2. The van der Waals surface area contributed by atoms with E-state index in [1.807, 2.05) is 18.2 Å². The predicted molar refractivity (Wildman–Crippen MR) is 85.4 cm³/mol. The van der Waals surface area contributed by atoms with E-state index in [1.54, 1.807) is 12.1 Å². The van der Waals surface area contributed by atoms with Crippen LogP contribution in [0.5, 0.6) is 5.75 Å². The van der Waals surface area contributed by atoms with E-state index in [2.05, 4.69) is 12.2 Å². The molecule has 0 saturated heterocycles. The lowest BCUT2D eigenvalue weighted by atomic mass is 10.0. The Balaban J connectivity index is 2.24. The van der Waals surface area contributed by atoms with Crippen molar-refractivity contribution in [2.24, 2.45) is 0 Å². The fourth-order valence-electron chi connectivity index (χ4n) is 2.14. The monoisotopic (exact) mass is 307 g/mol. The summed E-state index contributed by atoms with van der Waals surface area (Å²) in [6.07, 6.45) is 1.09. The average Bonchev–Trinajstić information content (AvgIpc) is 2.48. The lowest BCUT2D eigenvalue weighted by Crippen LogP contribution is -2.13. The molecule has 4 heteroatoms. The van der Waals surface area contributed by atoms with Crippen molar-refractivity contribution in [2.75, 3.05) is 13.7 Å². The minimum absolute atomic E-state index is 0.340. The van der Waals surface area contributed by atoms with Gasteiger partial charge in [0, 0.05) is 28.8 Å². The molecule has 0 radical (unpaired) electrons. The molecule has 0 atom stereocenters. The summed E-state index contributed by atoms with van der Waals surface area (Å²) in [4.78, 5) is 0. The fourth-order valence-corrected chi connectivity index (χ4v) is 2.44. The molecule has 2 aromatic rings. The van der Waals surface area contributed by atoms with Crippen LogP contribution >= 0.6 is 11.6 Å². The zero-order valence-electron chi connectivity index (χ0n) is 12.2. The summed E-state index contributed by atoms with van der Waals surface area (Å²) < 4.78 is 19.1. The van der Waals surface area contributed by atoms with Gasteiger partial charge >= 0.3 is 0 Å². The first-order valence-electron chi connectivity index (χ1n) is 6.98. The van der Waals surface area contributed by atoms with Gasteiger partial charge in [0.15, 0.2) is 0 Å². The maximum Gasteiger partial charge on any atom is 0.134 e. The van der Waals surface area contributed by atoms with Crippen molar-refractivity contribution < 1.29 is 9.13 Å². The van der Waals surface area contributed by atoms with Crippen LogP contribution in [-0.4, -0.2) is 13.7 Å². The molecule has 21 heavy (non-hydrogen) atoms. The second-order valence-electron chi connectivity index (χ2n) is 4.84. The summed E-state index contributed by atoms with van der Waals surface area (Å²) in [6.45, 7) is 3.85. The van der Waals surface area contributed by atoms with Crippen molar-refractivity contribution >= 4 is 11.6 Å². The molecule has 0 aliphatic carbocycles. The molecule has 0 unspecified atom stereocenters. The zero-order valence-corrected chi connectivity index (χ0v) is 13.0. The van der Waals surface area contributed by atoms with Gasteiger partial charge < -0.3 is 10.1 Å². The Bertz CT molecular complexity index is 616. The van der Waals surface area contributed by atoms with Crippen molar-refractivity contribution in [1.29, 1.82) is 0 Å². The molecule has 0 saturated carbocycles. The number of ether oxygens (including phenoxy) is 1. The van der Waals surface area contributed by atoms with Crippen molar-refractivity contribution in [3.05, 3.63) is 52.8 Å². The first-order valence-corrected chi connectivity index (χ1v) is 7.36. The summed E-state index contributed by atoms with van der Waals surface area (Å²) in [7, 11) is 1.51. The smallest absolute Gasteiger partial charge is 0.134 e. The molecule has 0 bridgehead atoms. The van der Waals surface area contributed by atoms with E-state index in [-0.39, 0.29) is 5.82 Å². The number of benzene rings is 2. The molecule has 112 valence electrons. The van der Waals surface area contributed by atoms with Crippen LogP contribution in [0.15, 0.2) is 36.4 Å². The number of hydrogen-bond donors (Lipinski definition) is 1. The van der Waals surface area contributed by atoms with E-state index in [0.717, 1.165) is 25.1 Å². The zero-order chi connectivity index (χ0) is 15.2. The maximum atomic E-state index is 14.1. The van der Waals surface area contributed by atoms with E-state index in [0.29, 0.717) is 21.9 Å². The third-order valence-electron chi connectivity index (χ3n) is 3.26. The molecule has 1 N–H and O–H groups in total. The van der Waals surface area contributed by atoms with E-state index >= 15 is 0 Å². The van der Waals surface area contributed by atoms with Gasteiger partial charge in [0.25, 0.3) is 0 Å². The van der Waals surface area contributed by atoms with Crippen LogP contribution in [0.3, 0.4) is 0 Å². The average molecular weight is 308 g/mol. The minimum atomic E-state index is -0.340. The molecule has 2 aromatic carbocycles. The highest BCUT2D eigenvalue weighted by Crippen LogP contribution is 2.32. The Morgan fingerprint density at radius 1 is 1.14 bits per heavy atom. The van der Waals surface area contributed by atoms with Crippen molar-refractivity contribution in [3.63, 3.8) is 0 Å². The van der Waals surface area contributed by atoms with Crippen molar-refractivity contribution in [1.82, 2.24) is 5.32 Å². The quantitative estimate of drug-likeness (QED) is 0.784. The Kier molecular flexibility index (Phi) is 5.59. The van der Waals surface area contributed by atoms with Crippen LogP contribution in [0.1, 0.15) is 18.9 Å². The van der Waals surface area contributed by atoms with Crippen LogP contribution < -0.4 is 10.1 Å². The highest BCUT2D eigenvalue weighted by molar-refractivity contribution is 6.33. The lowest BCUT2D eigenvalue weighted by molar-refractivity contribution is 0.411. The van der Waals surface area contributed by atoms with Crippen LogP contribution in [0, 0.1) is 5.82 Å². The highest BCUT2D eigenvalue weighted by atomic mass is 35.5. The molecule has 0 aromatic heterocycles. The first kappa shape index (κ1) is 15.8. The second-order valence-corrected chi connectivity index (χ2v) is 5.24. The second kappa shape index (κ2) is 7.43. The Morgan fingerprint density at radius 3 is 2.52 bits per heavy atom. The molecular formula is C17H19ClFNO. The Morgan fingerprint density at radius 2 is 1.90 bits per heavy atom. The third kappa shape index (κ3) is 3.96. The lowest BCUT2D eigenvalue weighted by Gasteiger charge is -2.10. The Labute approximate surface area is 129 Å². The standard InChI is InChI=1S/C17H19ClFNO/c1-3-8-20-11-12-4-6-14(16(18)9-12)15-7-5-13(21-2)10-17(15)19/h4-7,9-10,20H,3,8,11H2,1-2H3. The molecular weight excluding hydrogens is 289 g/mol. The van der Waals surface area contributed by atoms with Gasteiger partial charge in [-0.1, -0.05) is 30.7 Å². The molecule has 0 spiro atoms. The number of hydrogen-bond acceptors (Lipinski definition) is 2. The summed E-state index contributed by atoms with van der Waals surface area (Å²) >= 11 is 6.30. The largest absolute Gasteiger partial charge is 0.497 e. The van der Waals surface area contributed by atoms with Crippen LogP contribution in [0.4, 0.5) is 4.39 Å². The van der Waals surface area contributed by atoms with Gasteiger partial charge in [-0.15, -0.1) is 0 Å². The SMILES string of the molecule is CCCNCc1ccc(-c2ccc(OC)cc2F)c(Cl)c1. The molecule has 2 nitrogen and oxygen atoms in total. The molecule has 0 aliphatic heterocycles. The summed E-state index contributed by atoms with van der Waals surface area (Å²) in [6, 6.07) is 10.5. The topological polar surface area (TPSA) is 21.3 Å². The molecule has 0 fully saturated rings. The molecule has 0 heterocycles. The van der Waals surface area contributed by atoms with Gasteiger partial charge in [-0.25, -0.2) is 4.39 Å². The molecule has 2 rings (SSSR count). The summed E-state index contributed by atoms with van der Waals surface area (Å²) in [5, 5.41) is 3.87. The van der Waals surface area contributed by atoms with Crippen LogP contribution in [0.25, 0.3) is 11.1 Å². The van der Waals surface area contributed by atoms with E-state index < -0.39 is 0 Å². The molecule has 0 amide bonds. The number of nitrogens with one attached hydrogen (secondary N) is 1. The van der Waals surface area contributed by atoms with Gasteiger partial charge in [-0.05, 0) is 36.7 Å². The highest BCUT2D eigenvalue weighted by Gasteiger charge is 2.10. The number of methoxy groups -OCH3 is 1. The third-order valence-corrected chi connectivity index (χ3v) is 3.57. The van der Waals surface area contributed by atoms with E-state index in [4.69, 9.17) is 16.3 Å². The van der Waals surface area contributed by atoms with E-state index in [9.17, 15) is 4.39 Å². The fraction of sp³-hybridized carbons (Fsp3) is 0.294. The minimum Gasteiger partial charge on any atom is -0.497 e. The van der Waals surface area contributed by atoms with Crippen LogP contribution in [0.2, 0.25) is 5.02 Å². The first-order chi connectivity index (χ1) is 10.2. The summed E-state index contributed by atoms with van der Waals surface area (Å²) in [5.41, 5.74) is 2.26. The predicted octanol–water partition coefficient (Wildman–Crippen LogP) is 4.65. The normalized spacial score (nSPS) is 10.7. The van der Waals surface area contributed by atoms with Gasteiger partial charge in [0.1, 0.15) is 11.6 Å². The van der Waals surface area contributed by atoms with Crippen molar-refractivity contribution in [3.8, 4) is 16.9 Å². The van der Waals surface area contributed by atoms with Gasteiger partial charge in [-0.3, -0.25) is 0 Å². The van der Waals surface area contributed by atoms with Gasteiger partial charge in [-0.2, -0.15) is 0 Å². The van der Waals surface area contributed by atoms with Crippen molar-refractivity contribution in [2.45, 2.75) is 19.9 Å². The Hall–Kier alpha value is -1.58.